The Hall–Kier alpha value is -2.32. The highest BCUT2D eigenvalue weighted by Crippen LogP contribution is 2.32. The van der Waals surface area contributed by atoms with Gasteiger partial charge in [-0.3, -0.25) is 0 Å². The predicted molar refractivity (Wildman–Crippen MR) is 90.5 cm³/mol. The standard InChI is InChI=1S/C15H16N6OS/c1-9-8-22-4-3-21(9)14-12-11(2-5-23-12)19-13(20-14)10-6-17-15(16)18-7-10/h2,5-7,9H,3-4,8H2,1H3,(H2,16,17,18). The molecule has 0 aliphatic carbocycles. The normalized spacial score (nSPS) is 18.5. The van der Waals surface area contributed by atoms with E-state index in [1.54, 1.807) is 23.7 Å². The third-order valence-corrected chi connectivity index (χ3v) is 4.75. The lowest BCUT2D eigenvalue weighted by atomic mass is 10.2. The van der Waals surface area contributed by atoms with Crippen LogP contribution in [0.1, 0.15) is 6.92 Å². The molecular weight excluding hydrogens is 312 g/mol. The number of aromatic nitrogens is 4. The minimum atomic E-state index is 0.243. The molecule has 2 N–H and O–H groups in total. The topological polar surface area (TPSA) is 90.0 Å². The van der Waals surface area contributed by atoms with Crippen molar-refractivity contribution in [2.24, 2.45) is 0 Å². The van der Waals surface area contributed by atoms with Crippen molar-refractivity contribution in [1.29, 1.82) is 0 Å². The van der Waals surface area contributed by atoms with Crippen molar-refractivity contribution in [1.82, 2.24) is 19.9 Å². The summed E-state index contributed by atoms with van der Waals surface area (Å²) in [6, 6.07) is 2.29. The van der Waals surface area contributed by atoms with Gasteiger partial charge in [0.25, 0.3) is 0 Å². The number of hydrogen-bond acceptors (Lipinski definition) is 8. The first-order chi connectivity index (χ1) is 11.2. The molecule has 3 aromatic heterocycles. The average Bonchev–Trinajstić information content (AvgIpc) is 3.04. The molecule has 0 amide bonds. The Labute approximate surface area is 137 Å². The van der Waals surface area contributed by atoms with E-state index in [4.69, 9.17) is 15.5 Å². The molecule has 4 rings (SSSR count). The number of nitrogen functional groups attached to an aromatic ring is 1. The lowest BCUT2D eigenvalue weighted by molar-refractivity contribution is 0.0987. The van der Waals surface area contributed by atoms with Gasteiger partial charge in [-0.15, -0.1) is 11.3 Å². The first-order valence-corrected chi connectivity index (χ1v) is 8.28. The van der Waals surface area contributed by atoms with Gasteiger partial charge in [-0.1, -0.05) is 0 Å². The molecule has 4 heterocycles. The summed E-state index contributed by atoms with van der Waals surface area (Å²) in [6.45, 7) is 4.38. The van der Waals surface area contributed by atoms with Gasteiger partial charge in [-0.05, 0) is 18.4 Å². The van der Waals surface area contributed by atoms with Crippen LogP contribution in [0.25, 0.3) is 21.6 Å². The fraction of sp³-hybridized carbons (Fsp3) is 0.333. The molecule has 118 valence electrons. The zero-order chi connectivity index (χ0) is 15.8. The Balaban J connectivity index is 1.85. The Morgan fingerprint density at radius 3 is 2.91 bits per heavy atom. The summed E-state index contributed by atoms with van der Waals surface area (Å²) in [5, 5.41) is 2.04. The summed E-state index contributed by atoms with van der Waals surface area (Å²) < 4.78 is 6.64. The van der Waals surface area contributed by atoms with Crippen LogP contribution in [0.2, 0.25) is 0 Å². The highest BCUT2D eigenvalue weighted by Gasteiger charge is 2.24. The molecule has 0 saturated carbocycles. The Bertz CT molecular complexity index is 834. The monoisotopic (exact) mass is 328 g/mol. The highest BCUT2D eigenvalue weighted by molar-refractivity contribution is 7.17. The molecule has 1 aliphatic heterocycles. The minimum absolute atomic E-state index is 0.243. The fourth-order valence-electron chi connectivity index (χ4n) is 2.67. The van der Waals surface area contributed by atoms with Crippen LogP contribution in [0.4, 0.5) is 11.8 Å². The fourth-order valence-corrected chi connectivity index (χ4v) is 3.50. The smallest absolute Gasteiger partial charge is 0.219 e. The quantitative estimate of drug-likeness (QED) is 0.769. The van der Waals surface area contributed by atoms with E-state index in [-0.39, 0.29) is 12.0 Å². The molecule has 0 radical (unpaired) electrons. The van der Waals surface area contributed by atoms with Gasteiger partial charge in [-0.2, -0.15) is 0 Å². The first-order valence-electron chi connectivity index (χ1n) is 7.40. The van der Waals surface area contributed by atoms with Crippen LogP contribution in [0.5, 0.6) is 0 Å². The maximum absolute atomic E-state index is 5.56. The second-order valence-corrected chi connectivity index (χ2v) is 6.37. The SMILES string of the molecule is CC1COCCN1c1nc(-c2cnc(N)nc2)nc2ccsc12. The maximum Gasteiger partial charge on any atom is 0.219 e. The van der Waals surface area contributed by atoms with Crippen molar-refractivity contribution in [2.45, 2.75) is 13.0 Å². The summed E-state index contributed by atoms with van der Waals surface area (Å²) in [5.41, 5.74) is 7.25. The number of nitrogens with zero attached hydrogens (tertiary/aromatic N) is 5. The summed E-state index contributed by atoms with van der Waals surface area (Å²) in [4.78, 5) is 19.8. The van der Waals surface area contributed by atoms with Crippen molar-refractivity contribution in [3.63, 3.8) is 0 Å². The third kappa shape index (κ3) is 2.60. The predicted octanol–water partition coefficient (Wildman–Crippen LogP) is 1.96. The van der Waals surface area contributed by atoms with Crippen molar-refractivity contribution in [3.8, 4) is 11.4 Å². The zero-order valence-electron chi connectivity index (χ0n) is 12.6. The van der Waals surface area contributed by atoms with E-state index in [2.05, 4.69) is 26.8 Å². The summed E-state index contributed by atoms with van der Waals surface area (Å²) in [7, 11) is 0. The van der Waals surface area contributed by atoms with Crippen LogP contribution < -0.4 is 10.6 Å². The molecule has 0 bridgehead atoms. The molecule has 1 saturated heterocycles. The Morgan fingerprint density at radius 1 is 1.30 bits per heavy atom. The van der Waals surface area contributed by atoms with E-state index in [0.717, 1.165) is 28.1 Å². The number of morpholine rings is 1. The number of nitrogens with two attached hydrogens (primary N) is 1. The van der Waals surface area contributed by atoms with Gasteiger partial charge in [0.2, 0.25) is 5.95 Å². The van der Waals surface area contributed by atoms with Crippen LogP contribution in [-0.2, 0) is 4.74 Å². The molecule has 23 heavy (non-hydrogen) atoms. The third-order valence-electron chi connectivity index (χ3n) is 3.86. The molecule has 1 fully saturated rings. The number of rotatable bonds is 2. The van der Waals surface area contributed by atoms with E-state index < -0.39 is 0 Å². The van der Waals surface area contributed by atoms with Crippen molar-refractivity contribution >= 4 is 33.3 Å². The van der Waals surface area contributed by atoms with Gasteiger partial charge in [0.1, 0.15) is 0 Å². The number of ether oxygens (including phenoxy) is 1. The summed E-state index contributed by atoms with van der Waals surface area (Å²) in [6.07, 6.45) is 3.31. The maximum atomic E-state index is 5.56. The van der Waals surface area contributed by atoms with Gasteiger partial charge < -0.3 is 15.4 Å². The number of thiophene rings is 1. The molecule has 1 aliphatic rings. The van der Waals surface area contributed by atoms with Crippen LogP contribution in [0, 0.1) is 0 Å². The van der Waals surface area contributed by atoms with Gasteiger partial charge in [0, 0.05) is 18.9 Å². The van der Waals surface area contributed by atoms with E-state index in [1.165, 1.54) is 0 Å². The van der Waals surface area contributed by atoms with Gasteiger partial charge in [0.15, 0.2) is 11.6 Å². The van der Waals surface area contributed by atoms with Crippen LogP contribution in [0.3, 0.4) is 0 Å². The first kappa shape index (κ1) is 14.3. The molecule has 7 nitrogen and oxygen atoms in total. The number of anilines is 2. The number of hydrogen-bond donors (Lipinski definition) is 1. The molecule has 1 unspecified atom stereocenters. The van der Waals surface area contributed by atoms with Crippen LogP contribution >= 0.6 is 11.3 Å². The lowest BCUT2D eigenvalue weighted by Gasteiger charge is -2.34. The van der Waals surface area contributed by atoms with Crippen molar-refractivity contribution < 1.29 is 4.74 Å². The zero-order valence-corrected chi connectivity index (χ0v) is 13.5. The molecule has 1 atom stereocenters. The molecule has 3 aromatic rings. The average molecular weight is 328 g/mol. The van der Waals surface area contributed by atoms with Gasteiger partial charge >= 0.3 is 0 Å². The van der Waals surface area contributed by atoms with Crippen molar-refractivity contribution in [2.75, 3.05) is 30.4 Å². The Morgan fingerprint density at radius 2 is 2.13 bits per heavy atom. The second-order valence-electron chi connectivity index (χ2n) is 5.45. The lowest BCUT2D eigenvalue weighted by Crippen LogP contribution is -2.44. The van der Waals surface area contributed by atoms with Gasteiger partial charge in [-0.25, -0.2) is 19.9 Å². The van der Waals surface area contributed by atoms with E-state index >= 15 is 0 Å². The highest BCUT2D eigenvalue weighted by atomic mass is 32.1. The van der Waals surface area contributed by atoms with E-state index in [1.807, 2.05) is 11.4 Å². The van der Waals surface area contributed by atoms with E-state index in [0.29, 0.717) is 19.0 Å². The second kappa shape index (κ2) is 5.71. The van der Waals surface area contributed by atoms with Crippen LogP contribution in [-0.4, -0.2) is 45.7 Å². The largest absolute Gasteiger partial charge is 0.377 e. The Kier molecular flexibility index (Phi) is 3.55. The molecular formula is C15H16N6OS. The summed E-state index contributed by atoms with van der Waals surface area (Å²) >= 11 is 1.66. The molecule has 8 heteroatoms. The molecule has 0 spiro atoms. The van der Waals surface area contributed by atoms with Gasteiger partial charge in [0.05, 0.1) is 35.0 Å². The minimum Gasteiger partial charge on any atom is -0.377 e. The number of fused-ring (bicyclic) bond motifs is 1. The summed E-state index contributed by atoms with van der Waals surface area (Å²) in [5.74, 6) is 1.81. The van der Waals surface area contributed by atoms with E-state index in [9.17, 15) is 0 Å². The van der Waals surface area contributed by atoms with Crippen molar-refractivity contribution in [3.05, 3.63) is 23.8 Å². The van der Waals surface area contributed by atoms with Crippen LogP contribution in [0.15, 0.2) is 23.8 Å². The molecule has 0 aromatic carbocycles.